The summed E-state index contributed by atoms with van der Waals surface area (Å²) < 4.78 is 0. The molecule has 86 valence electrons. The summed E-state index contributed by atoms with van der Waals surface area (Å²) in [6.45, 7) is 2.24. The van der Waals surface area contributed by atoms with E-state index in [1.807, 2.05) is 0 Å². The highest BCUT2D eigenvalue weighted by Crippen LogP contribution is 2.31. The van der Waals surface area contributed by atoms with Crippen LogP contribution in [0.25, 0.3) is 0 Å². The van der Waals surface area contributed by atoms with Crippen LogP contribution in [-0.4, -0.2) is 29.6 Å². The predicted octanol–water partition coefficient (Wildman–Crippen LogP) is -0.0493. The lowest BCUT2D eigenvalue weighted by Gasteiger charge is -2.18. The quantitative estimate of drug-likeness (QED) is 0.598. The van der Waals surface area contributed by atoms with E-state index in [2.05, 4.69) is 5.32 Å². The van der Waals surface area contributed by atoms with E-state index in [1.165, 1.54) is 0 Å². The van der Waals surface area contributed by atoms with Crippen LogP contribution in [0, 0.1) is 11.8 Å². The lowest BCUT2D eigenvalue weighted by Crippen LogP contribution is -2.42. The molecule has 15 heavy (non-hydrogen) atoms. The molecule has 0 heterocycles. The number of primary amides is 1. The molecule has 1 aliphatic rings. The monoisotopic (exact) mass is 214 g/mol. The van der Waals surface area contributed by atoms with Crippen LogP contribution < -0.4 is 11.1 Å². The first-order chi connectivity index (χ1) is 7.02. The number of nitrogens with two attached hydrogens (primary N) is 1. The van der Waals surface area contributed by atoms with E-state index in [9.17, 15) is 9.59 Å². The second-order valence-electron chi connectivity index (χ2n) is 4.17. The van der Waals surface area contributed by atoms with Gasteiger partial charge in [-0.25, -0.2) is 0 Å². The van der Waals surface area contributed by atoms with Crippen molar-refractivity contribution < 1.29 is 14.7 Å². The van der Waals surface area contributed by atoms with E-state index < -0.39 is 11.9 Å². The minimum absolute atomic E-state index is 0.129. The molecular weight excluding hydrogens is 196 g/mol. The Morgan fingerprint density at radius 2 is 2.20 bits per heavy atom. The van der Waals surface area contributed by atoms with Gasteiger partial charge in [-0.05, 0) is 32.2 Å². The van der Waals surface area contributed by atoms with Gasteiger partial charge in [0.05, 0.1) is 12.0 Å². The first kappa shape index (κ1) is 12.0. The summed E-state index contributed by atoms with van der Waals surface area (Å²) in [7, 11) is 0. The van der Waals surface area contributed by atoms with Gasteiger partial charge in [-0.3, -0.25) is 9.59 Å². The Labute approximate surface area is 89.0 Å². The molecule has 1 rings (SSSR count). The maximum Gasteiger partial charge on any atom is 0.306 e. The number of carbonyl (C=O) groups is 2. The van der Waals surface area contributed by atoms with E-state index in [0.29, 0.717) is 6.54 Å². The first-order valence-corrected chi connectivity index (χ1v) is 5.28. The van der Waals surface area contributed by atoms with E-state index in [4.69, 9.17) is 10.8 Å². The van der Waals surface area contributed by atoms with Gasteiger partial charge < -0.3 is 16.2 Å². The summed E-state index contributed by atoms with van der Waals surface area (Å²) in [6.07, 6.45) is 2.61. The molecule has 0 aromatic heterocycles. The molecule has 3 unspecified atom stereocenters. The van der Waals surface area contributed by atoms with Gasteiger partial charge in [0.15, 0.2) is 0 Å². The standard InChI is InChI=1S/C10H18N2O3/c1-6(9(11)13)12-5-7-3-2-4-8(7)10(14)15/h6-8,12H,2-5H2,1H3,(H2,11,13)(H,14,15). The molecule has 1 fully saturated rings. The van der Waals surface area contributed by atoms with Crippen molar-refractivity contribution in [3.8, 4) is 0 Å². The minimum Gasteiger partial charge on any atom is -0.481 e. The number of nitrogens with one attached hydrogen (secondary N) is 1. The zero-order chi connectivity index (χ0) is 11.4. The first-order valence-electron chi connectivity index (χ1n) is 5.28. The molecule has 3 atom stereocenters. The van der Waals surface area contributed by atoms with Gasteiger partial charge in [0.1, 0.15) is 0 Å². The summed E-state index contributed by atoms with van der Waals surface area (Å²) in [5.41, 5.74) is 5.10. The van der Waals surface area contributed by atoms with Gasteiger partial charge in [-0.2, -0.15) is 0 Å². The van der Waals surface area contributed by atoms with Gasteiger partial charge in [0.25, 0.3) is 0 Å². The number of amides is 1. The Kier molecular flexibility index (Phi) is 4.08. The largest absolute Gasteiger partial charge is 0.481 e. The molecule has 5 heteroatoms. The van der Waals surface area contributed by atoms with E-state index in [0.717, 1.165) is 19.3 Å². The van der Waals surface area contributed by atoms with E-state index in [1.54, 1.807) is 6.92 Å². The van der Waals surface area contributed by atoms with Crippen molar-refractivity contribution in [1.29, 1.82) is 0 Å². The third-order valence-electron chi connectivity index (χ3n) is 3.09. The van der Waals surface area contributed by atoms with Gasteiger partial charge >= 0.3 is 5.97 Å². The fourth-order valence-electron chi connectivity index (χ4n) is 2.04. The van der Waals surface area contributed by atoms with Crippen molar-refractivity contribution in [2.45, 2.75) is 32.2 Å². The average molecular weight is 214 g/mol. The second kappa shape index (κ2) is 5.11. The summed E-state index contributed by atoms with van der Waals surface area (Å²) in [5, 5.41) is 11.9. The topological polar surface area (TPSA) is 92.4 Å². The molecular formula is C10H18N2O3. The molecule has 1 aliphatic carbocycles. The Morgan fingerprint density at radius 1 is 1.53 bits per heavy atom. The number of carbonyl (C=O) groups excluding carboxylic acids is 1. The maximum atomic E-state index is 10.9. The SMILES string of the molecule is CC(NCC1CCCC1C(=O)O)C(N)=O. The Hall–Kier alpha value is -1.10. The van der Waals surface area contributed by atoms with Crippen LogP contribution in [0.3, 0.4) is 0 Å². The third kappa shape index (κ3) is 3.20. The number of rotatable bonds is 5. The second-order valence-corrected chi connectivity index (χ2v) is 4.17. The number of hydrogen-bond acceptors (Lipinski definition) is 3. The van der Waals surface area contributed by atoms with Crippen LogP contribution in [0.4, 0.5) is 0 Å². The molecule has 1 saturated carbocycles. The van der Waals surface area contributed by atoms with Crippen molar-refractivity contribution >= 4 is 11.9 Å². The molecule has 0 spiro atoms. The van der Waals surface area contributed by atoms with Crippen molar-refractivity contribution in [3.63, 3.8) is 0 Å². The van der Waals surface area contributed by atoms with Gasteiger partial charge in [-0.1, -0.05) is 6.42 Å². The van der Waals surface area contributed by atoms with Crippen molar-refractivity contribution in [2.24, 2.45) is 17.6 Å². The predicted molar refractivity (Wildman–Crippen MR) is 55.1 cm³/mol. The number of carboxylic acids is 1. The molecule has 0 saturated heterocycles. The molecule has 1 amide bonds. The van der Waals surface area contributed by atoms with Crippen molar-refractivity contribution in [2.75, 3.05) is 6.54 Å². The third-order valence-corrected chi connectivity index (χ3v) is 3.09. The summed E-state index contributed by atoms with van der Waals surface area (Å²) in [4.78, 5) is 21.6. The Balaban J connectivity index is 2.38. The number of carboxylic acid groups (broad SMARTS) is 1. The van der Waals surface area contributed by atoms with Crippen molar-refractivity contribution in [1.82, 2.24) is 5.32 Å². The summed E-state index contributed by atoms with van der Waals surface area (Å²) in [5.74, 6) is -1.27. The fraction of sp³-hybridized carbons (Fsp3) is 0.800. The van der Waals surface area contributed by atoms with Gasteiger partial charge in [0.2, 0.25) is 5.91 Å². The molecule has 0 bridgehead atoms. The van der Waals surface area contributed by atoms with Crippen LogP contribution in [0.15, 0.2) is 0 Å². The summed E-state index contributed by atoms with van der Waals surface area (Å²) in [6, 6.07) is -0.389. The highest BCUT2D eigenvalue weighted by molar-refractivity contribution is 5.79. The fourth-order valence-corrected chi connectivity index (χ4v) is 2.04. The van der Waals surface area contributed by atoms with Crippen LogP contribution in [0.1, 0.15) is 26.2 Å². The highest BCUT2D eigenvalue weighted by atomic mass is 16.4. The Bertz CT molecular complexity index is 255. The van der Waals surface area contributed by atoms with E-state index >= 15 is 0 Å². The van der Waals surface area contributed by atoms with Crippen LogP contribution in [0.5, 0.6) is 0 Å². The highest BCUT2D eigenvalue weighted by Gasteiger charge is 2.32. The average Bonchev–Trinajstić information content (AvgIpc) is 2.61. The Morgan fingerprint density at radius 3 is 2.73 bits per heavy atom. The lowest BCUT2D eigenvalue weighted by molar-refractivity contribution is -0.142. The van der Waals surface area contributed by atoms with Gasteiger partial charge in [0, 0.05) is 0 Å². The molecule has 0 aromatic carbocycles. The normalized spacial score (nSPS) is 27.5. The number of aliphatic carboxylic acids is 1. The lowest BCUT2D eigenvalue weighted by atomic mass is 9.96. The molecule has 0 radical (unpaired) electrons. The van der Waals surface area contributed by atoms with E-state index in [-0.39, 0.29) is 17.9 Å². The zero-order valence-electron chi connectivity index (χ0n) is 8.90. The zero-order valence-corrected chi connectivity index (χ0v) is 8.90. The summed E-state index contributed by atoms with van der Waals surface area (Å²) >= 11 is 0. The van der Waals surface area contributed by atoms with Gasteiger partial charge in [-0.15, -0.1) is 0 Å². The number of hydrogen-bond donors (Lipinski definition) is 3. The maximum absolute atomic E-state index is 10.9. The molecule has 0 aliphatic heterocycles. The molecule has 0 aromatic rings. The minimum atomic E-state index is -0.731. The molecule has 5 nitrogen and oxygen atoms in total. The van der Waals surface area contributed by atoms with Crippen LogP contribution in [-0.2, 0) is 9.59 Å². The molecule has 4 N–H and O–H groups in total. The van der Waals surface area contributed by atoms with Crippen LogP contribution in [0.2, 0.25) is 0 Å². The smallest absolute Gasteiger partial charge is 0.306 e. The van der Waals surface area contributed by atoms with Crippen molar-refractivity contribution in [3.05, 3.63) is 0 Å². The van der Waals surface area contributed by atoms with Crippen LogP contribution >= 0.6 is 0 Å².